The summed E-state index contributed by atoms with van der Waals surface area (Å²) in [6, 6.07) is 45.1. The first-order valence-corrected chi connectivity index (χ1v) is 13.8. The molecule has 0 radical (unpaired) electrons. The van der Waals surface area contributed by atoms with Crippen LogP contribution in [-0.4, -0.2) is 4.57 Å². The lowest BCUT2D eigenvalue weighted by Crippen LogP contribution is -2.04. The van der Waals surface area contributed by atoms with E-state index in [0.29, 0.717) is 28.0 Å². The Balaban J connectivity index is 1.32. The molecule has 0 fully saturated rings. The van der Waals surface area contributed by atoms with E-state index in [4.69, 9.17) is 21.1 Å². The number of fused-ring (bicyclic) bond motifs is 5. The highest BCUT2D eigenvalue weighted by Crippen LogP contribution is 2.54. The fourth-order valence-electron chi connectivity index (χ4n) is 5.63. The molecule has 1 aliphatic rings. The molecule has 2 heterocycles. The molecule has 0 aliphatic carbocycles. The smallest absolute Gasteiger partial charge is 0.194 e. The third kappa shape index (κ3) is 3.92. The van der Waals surface area contributed by atoms with E-state index >= 15 is 0 Å². The van der Waals surface area contributed by atoms with Gasteiger partial charge >= 0.3 is 0 Å². The second-order valence-electron chi connectivity index (χ2n) is 9.99. The minimum atomic E-state index is 0.618. The SMILES string of the molecule is Clc1ccccc1Nc1ccc(-c2ccc3c(c2)c2ccccc2n3-c2ccccc2)c2c1Oc1ccccc1O2. The molecule has 6 aromatic carbocycles. The highest BCUT2D eigenvalue weighted by atomic mass is 35.5. The van der Waals surface area contributed by atoms with Gasteiger partial charge in [0.1, 0.15) is 0 Å². The average Bonchev–Trinajstić information content (AvgIpc) is 3.35. The summed E-state index contributed by atoms with van der Waals surface area (Å²) in [5, 5.41) is 6.44. The molecule has 0 amide bonds. The van der Waals surface area contributed by atoms with Crippen LogP contribution in [0.25, 0.3) is 38.6 Å². The molecule has 1 N–H and O–H groups in total. The van der Waals surface area contributed by atoms with Crippen LogP contribution >= 0.6 is 11.6 Å². The zero-order chi connectivity index (χ0) is 27.3. The van der Waals surface area contributed by atoms with Gasteiger partial charge in [-0.2, -0.15) is 0 Å². The molecule has 0 spiro atoms. The van der Waals surface area contributed by atoms with Crippen LogP contribution in [0.4, 0.5) is 11.4 Å². The van der Waals surface area contributed by atoms with E-state index in [1.807, 2.05) is 60.7 Å². The Kier molecular flexibility index (Phi) is 5.47. The summed E-state index contributed by atoms with van der Waals surface area (Å²) < 4.78 is 15.3. The third-order valence-electron chi connectivity index (χ3n) is 7.53. The Morgan fingerprint density at radius 3 is 2.05 bits per heavy atom. The van der Waals surface area contributed by atoms with E-state index in [-0.39, 0.29) is 0 Å². The lowest BCUT2D eigenvalue weighted by Gasteiger charge is -2.25. The largest absolute Gasteiger partial charge is 0.449 e. The standard InChI is InChI=1S/C36H23ClN2O2/c37-28-13-5-6-14-29(28)38-30-20-19-25(35-36(30)41-34-17-9-8-16-33(34)40-35)23-18-21-32-27(22-23)26-12-4-7-15-31(26)39(32)24-10-2-1-3-11-24/h1-22,38H. The molecule has 0 bridgehead atoms. The van der Waals surface area contributed by atoms with Gasteiger partial charge in [-0.15, -0.1) is 0 Å². The molecule has 1 aliphatic heterocycles. The summed E-state index contributed by atoms with van der Waals surface area (Å²) in [7, 11) is 0. The van der Waals surface area contributed by atoms with Crippen LogP contribution in [-0.2, 0) is 0 Å². The van der Waals surface area contributed by atoms with Crippen LogP contribution in [0.2, 0.25) is 5.02 Å². The van der Waals surface area contributed by atoms with E-state index < -0.39 is 0 Å². The molecular formula is C36H23ClN2O2. The van der Waals surface area contributed by atoms with Gasteiger partial charge in [-0.1, -0.05) is 78.3 Å². The van der Waals surface area contributed by atoms with Crippen LogP contribution in [0, 0.1) is 0 Å². The van der Waals surface area contributed by atoms with Crippen LogP contribution in [0.15, 0.2) is 133 Å². The van der Waals surface area contributed by atoms with Crippen molar-refractivity contribution in [1.82, 2.24) is 4.57 Å². The number of aromatic nitrogens is 1. The number of nitrogens with zero attached hydrogens (tertiary/aromatic N) is 1. The Labute approximate surface area is 242 Å². The quantitative estimate of drug-likeness (QED) is 0.237. The zero-order valence-electron chi connectivity index (χ0n) is 21.8. The van der Waals surface area contributed by atoms with Gasteiger partial charge in [0, 0.05) is 22.0 Å². The van der Waals surface area contributed by atoms with E-state index in [9.17, 15) is 0 Å². The Morgan fingerprint density at radius 2 is 1.22 bits per heavy atom. The average molecular weight is 551 g/mol. The molecule has 41 heavy (non-hydrogen) atoms. The molecule has 8 rings (SSSR count). The Morgan fingerprint density at radius 1 is 0.537 bits per heavy atom. The minimum absolute atomic E-state index is 0.618. The number of anilines is 2. The third-order valence-corrected chi connectivity index (χ3v) is 7.86. The van der Waals surface area contributed by atoms with Gasteiger partial charge in [0.15, 0.2) is 23.0 Å². The van der Waals surface area contributed by atoms with Crippen molar-refractivity contribution >= 4 is 44.8 Å². The Hall–Kier alpha value is -5.19. The van der Waals surface area contributed by atoms with Crippen molar-refractivity contribution in [3.8, 4) is 39.8 Å². The van der Waals surface area contributed by atoms with Gasteiger partial charge < -0.3 is 19.4 Å². The van der Waals surface area contributed by atoms with Crippen molar-refractivity contribution < 1.29 is 9.47 Å². The topological polar surface area (TPSA) is 35.4 Å². The Bertz CT molecular complexity index is 2100. The van der Waals surface area contributed by atoms with Crippen LogP contribution in [0.1, 0.15) is 0 Å². The normalized spacial score (nSPS) is 11.9. The van der Waals surface area contributed by atoms with Crippen LogP contribution in [0.5, 0.6) is 23.0 Å². The summed E-state index contributed by atoms with van der Waals surface area (Å²) in [6.07, 6.45) is 0. The second-order valence-corrected chi connectivity index (χ2v) is 10.4. The maximum Gasteiger partial charge on any atom is 0.194 e. The molecule has 196 valence electrons. The van der Waals surface area contributed by atoms with Crippen LogP contribution < -0.4 is 14.8 Å². The highest BCUT2D eigenvalue weighted by molar-refractivity contribution is 6.33. The lowest BCUT2D eigenvalue weighted by atomic mass is 10.00. The molecular weight excluding hydrogens is 528 g/mol. The van der Waals surface area contributed by atoms with E-state index in [0.717, 1.165) is 33.7 Å². The predicted octanol–water partition coefficient (Wildman–Crippen LogP) is 10.7. The van der Waals surface area contributed by atoms with Gasteiger partial charge in [0.25, 0.3) is 0 Å². The summed E-state index contributed by atoms with van der Waals surface area (Å²) in [4.78, 5) is 0. The number of ether oxygens (including phenoxy) is 2. The highest BCUT2D eigenvalue weighted by Gasteiger charge is 2.26. The number of nitrogens with one attached hydrogen (secondary N) is 1. The molecule has 1 aromatic heterocycles. The fraction of sp³-hybridized carbons (Fsp3) is 0. The van der Waals surface area contributed by atoms with E-state index in [1.54, 1.807) is 0 Å². The monoisotopic (exact) mass is 550 g/mol. The molecule has 0 atom stereocenters. The summed E-state index contributed by atoms with van der Waals surface area (Å²) in [5.41, 5.74) is 6.99. The van der Waals surface area contributed by atoms with Crippen molar-refractivity contribution in [2.24, 2.45) is 0 Å². The lowest BCUT2D eigenvalue weighted by molar-refractivity contribution is 0.362. The number of para-hydroxylation sites is 5. The first-order chi connectivity index (χ1) is 20.2. The fourth-order valence-corrected chi connectivity index (χ4v) is 5.82. The van der Waals surface area contributed by atoms with Gasteiger partial charge in [0.2, 0.25) is 0 Å². The summed E-state index contributed by atoms with van der Waals surface area (Å²) in [5.74, 6) is 2.62. The molecule has 0 saturated heterocycles. The van der Waals surface area contributed by atoms with Gasteiger partial charge in [-0.05, 0) is 72.3 Å². The molecule has 0 saturated carbocycles. The van der Waals surface area contributed by atoms with Crippen molar-refractivity contribution in [1.29, 1.82) is 0 Å². The maximum absolute atomic E-state index is 6.54. The number of hydrogen-bond donors (Lipinski definition) is 1. The summed E-state index contributed by atoms with van der Waals surface area (Å²) in [6.45, 7) is 0. The summed E-state index contributed by atoms with van der Waals surface area (Å²) >= 11 is 6.48. The van der Waals surface area contributed by atoms with E-state index in [2.05, 4.69) is 82.7 Å². The second kappa shape index (κ2) is 9.47. The van der Waals surface area contributed by atoms with E-state index in [1.165, 1.54) is 16.3 Å². The van der Waals surface area contributed by atoms with Crippen LogP contribution in [0.3, 0.4) is 0 Å². The van der Waals surface area contributed by atoms with Gasteiger partial charge in [-0.25, -0.2) is 0 Å². The first-order valence-electron chi connectivity index (χ1n) is 13.5. The van der Waals surface area contributed by atoms with Crippen molar-refractivity contribution in [3.05, 3.63) is 138 Å². The molecule has 5 heteroatoms. The minimum Gasteiger partial charge on any atom is -0.449 e. The first kappa shape index (κ1) is 23.7. The molecule has 4 nitrogen and oxygen atoms in total. The molecule has 0 unspecified atom stereocenters. The maximum atomic E-state index is 6.54. The zero-order valence-corrected chi connectivity index (χ0v) is 22.6. The predicted molar refractivity (Wildman–Crippen MR) is 168 cm³/mol. The molecule has 7 aromatic rings. The van der Waals surface area contributed by atoms with Gasteiger partial charge in [0.05, 0.1) is 27.4 Å². The number of halogens is 1. The van der Waals surface area contributed by atoms with Crippen molar-refractivity contribution in [3.63, 3.8) is 0 Å². The number of hydrogen-bond acceptors (Lipinski definition) is 3. The number of rotatable bonds is 4. The number of benzene rings is 6. The van der Waals surface area contributed by atoms with Gasteiger partial charge in [-0.3, -0.25) is 0 Å². The van der Waals surface area contributed by atoms with Crippen molar-refractivity contribution in [2.45, 2.75) is 0 Å². The van der Waals surface area contributed by atoms with Crippen molar-refractivity contribution in [2.75, 3.05) is 5.32 Å².